The minimum atomic E-state index is -0.306. The summed E-state index contributed by atoms with van der Waals surface area (Å²) in [6.07, 6.45) is 0. The number of anilines is 2. The Bertz CT molecular complexity index is 628. The van der Waals surface area contributed by atoms with Crippen molar-refractivity contribution in [3.8, 4) is 0 Å². The van der Waals surface area contributed by atoms with Crippen LogP contribution in [0, 0.1) is 6.92 Å². The first-order valence-electron chi connectivity index (χ1n) is 6.20. The van der Waals surface area contributed by atoms with E-state index in [1.807, 2.05) is 31.2 Å². The van der Waals surface area contributed by atoms with E-state index >= 15 is 0 Å². The largest absolute Gasteiger partial charge is 0.399 e. The Kier molecular flexibility index (Phi) is 4.48. The molecule has 2 aromatic carbocycles. The van der Waals surface area contributed by atoms with Crippen LogP contribution in [0.3, 0.4) is 0 Å². The molecule has 5 heteroatoms. The fourth-order valence-electron chi connectivity index (χ4n) is 1.78. The minimum absolute atomic E-state index is 0.306. The van der Waals surface area contributed by atoms with E-state index in [0.29, 0.717) is 22.9 Å². The van der Waals surface area contributed by atoms with Gasteiger partial charge in [-0.1, -0.05) is 35.9 Å². The molecular weight excluding hydrogens is 274 g/mol. The van der Waals surface area contributed by atoms with E-state index in [0.717, 1.165) is 11.1 Å². The minimum Gasteiger partial charge on any atom is -0.399 e. The van der Waals surface area contributed by atoms with Gasteiger partial charge in [0.05, 0.1) is 10.7 Å². The lowest BCUT2D eigenvalue weighted by molar-refractivity contribution is 0.251. The van der Waals surface area contributed by atoms with Gasteiger partial charge in [-0.25, -0.2) is 4.79 Å². The van der Waals surface area contributed by atoms with Gasteiger partial charge in [0, 0.05) is 12.2 Å². The summed E-state index contributed by atoms with van der Waals surface area (Å²) in [5.41, 5.74) is 8.90. The van der Waals surface area contributed by atoms with Crippen molar-refractivity contribution in [3.05, 3.63) is 58.6 Å². The summed E-state index contributed by atoms with van der Waals surface area (Å²) < 4.78 is 0. The number of urea groups is 1. The smallest absolute Gasteiger partial charge is 0.319 e. The Morgan fingerprint density at radius 3 is 2.70 bits per heavy atom. The first-order chi connectivity index (χ1) is 9.56. The molecule has 4 N–H and O–H groups in total. The van der Waals surface area contributed by atoms with Crippen molar-refractivity contribution in [2.75, 3.05) is 11.1 Å². The molecule has 2 aromatic rings. The predicted octanol–water partition coefficient (Wildman–Crippen LogP) is 3.55. The molecule has 0 radical (unpaired) electrons. The highest BCUT2D eigenvalue weighted by Gasteiger charge is 2.06. The predicted molar refractivity (Wildman–Crippen MR) is 82.9 cm³/mol. The lowest BCUT2D eigenvalue weighted by Gasteiger charge is -2.10. The van der Waals surface area contributed by atoms with E-state index in [-0.39, 0.29) is 6.03 Å². The van der Waals surface area contributed by atoms with E-state index in [1.165, 1.54) is 0 Å². The van der Waals surface area contributed by atoms with Gasteiger partial charge in [-0.3, -0.25) is 0 Å². The van der Waals surface area contributed by atoms with Crippen molar-refractivity contribution in [3.63, 3.8) is 0 Å². The van der Waals surface area contributed by atoms with Crippen LogP contribution in [-0.2, 0) is 6.54 Å². The highest BCUT2D eigenvalue weighted by molar-refractivity contribution is 6.34. The molecule has 0 heterocycles. The van der Waals surface area contributed by atoms with Gasteiger partial charge in [-0.05, 0) is 36.2 Å². The van der Waals surface area contributed by atoms with Crippen LogP contribution >= 0.6 is 11.6 Å². The monoisotopic (exact) mass is 289 g/mol. The lowest BCUT2D eigenvalue weighted by Crippen LogP contribution is -2.28. The highest BCUT2D eigenvalue weighted by Crippen LogP contribution is 2.23. The summed E-state index contributed by atoms with van der Waals surface area (Å²) >= 11 is 5.99. The Balaban J connectivity index is 1.94. The molecule has 0 aliphatic heterocycles. The topological polar surface area (TPSA) is 67.2 Å². The molecule has 20 heavy (non-hydrogen) atoms. The number of aryl methyl sites for hydroxylation is 1. The molecule has 104 valence electrons. The van der Waals surface area contributed by atoms with Crippen LogP contribution in [0.2, 0.25) is 5.02 Å². The molecular formula is C15H16ClN3O. The third-order valence-electron chi connectivity index (χ3n) is 2.94. The Morgan fingerprint density at radius 1 is 1.25 bits per heavy atom. The molecule has 0 aliphatic rings. The van der Waals surface area contributed by atoms with Gasteiger partial charge in [0.2, 0.25) is 0 Å². The van der Waals surface area contributed by atoms with Gasteiger partial charge in [-0.15, -0.1) is 0 Å². The highest BCUT2D eigenvalue weighted by atomic mass is 35.5. The Morgan fingerprint density at radius 2 is 2.00 bits per heavy atom. The van der Waals surface area contributed by atoms with Crippen molar-refractivity contribution in [2.24, 2.45) is 0 Å². The summed E-state index contributed by atoms with van der Waals surface area (Å²) in [4.78, 5) is 11.8. The third kappa shape index (κ3) is 3.65. The standard InChI is InChI=1S/C15H16ClN3O/c1-10-4-2-3-5-11(10)9-18-15(20)19-14-7-6-12(17)8-13(14)16/h2-8H,9,17H2,1H3,(H2,18,19,20). The van der Waals surface area contributed by atoms with E-state index in [4.69, 9.17) is 17.3 Å². The van der Waals surface area contributed by atoms with Gasteiger partial charge >= 0.3 is 6.03 Å². The van der Waals surface area contributed by atoms with Crippen LogP contribution in [0.4, 0.5) is 16.2 Å². The van der Waals surface area contributed by atoms with Crippen molar-refractivity contribution in [1.82, 2.24) is 5.32 Å². The summed E-state index contributed by atoms with van der Waals surface area (Å²) in [5, 5.41) is 5.89. The zero-order valence-corrected chi connectivity index (χ0v) is 11.9. The molecule has 0 aliphatic carbocycles. The van der Waals surface area contributed by atoms with Crippen molar-refractivity contribution < 1.29 is 4.79 Å². The molecule has 0 aromatic heterocycles. The second kappa shape index (κ2) is 6.30. The fraction of sp³-hybridized carbons (Fsp3) is 0.133. The normalized spacial score (nSPS) is 10.1. The number of nitrogens with two attached hydrogens (primary N) is 1. The van der Waals surface area contributed by atoms with E-state index in [1.54, 1.807) is 18.2 Å². The molecule has 0 fully saturated rings. The number of nitrogens with one attached hydrogen (secondary N) is 2. The summed E-state index contributed by atoms with van der Waals surface area (Å²) in [5.74, 6) is 0. The molecule has 4 nitrogen and oxygen atoms in total. The van der Waals surface area contributed by atoms with Gasteiger partial charge in [0.1, 0.15) is 0 Å². The van der Waals surface area contributed by atoms with Gasteiger partial charge in [-0.2, -0.15) is 0 Å². The van der Waals surface area contributed by atoms with Crippen molar-refractivity contribution in [1.29, 1.82) is 0 Å². The van der Waals surface area contributed by atoms with E-state index < -0.39 is 0 Å². The van der Waals surface area contributed by atoms with Crippen LogP contribution in [0.1, 0.15) is 11.1 Å². The molecule has 0 unspecified atom stereocenters. The second-order valence-corrected chi connectivity index (χ2v) is 4.88. The number of hydrogen-bond donors (Lipinski definition) is 3. The molecule has 2 rings (SSSR count). The van der Waals surface area contributed by atoms with Crippen LogP contribution < -0.4 is 16.4 Å². The maximum absolute atomic E-state index is 11.8. The number of nitrogen functional groups attached to an aromatic ring is 1. The first kappa shape index (κ1) is 14.2. The number of halogens is 1. The number of amides is 2. The van der Waals surface area contributed by atoms with Crippen LogP contribution in [0.25, 0.3) is 0 Å². The van der Waals surface area contributed by atoms with Gasteiger partial charge < -0.3 is 16.4 Å². The van der Waals surface area contributed by atoms with Crippen LogP contribution in [0.15, 0.2) is 42.5 Å². The summed E-state index contributed by atoms with van der Waals surface area (Å²) in [6, 6.07) is 12.5. The zero-order valence-electron chi connectivity index (χ0n) is 11.1. The number of hydrogen-bond acceptors (Lipinski definition) is 2. The van der Waals surface area contributed by atoms with Crippen LogP contribution in [0.5, 0.6) is 0 Å². The SMILES string of the molecule is Cc1ccccc1CNC(=O)Nc1ccc(N)cc1Cl. The zero-order chi connectivity index (χ0) is 14.5. The van der Waals surface area contributed by atoms with E-state index in [9.17, 15) is 4.79 Å². The maximum atomic E-state index is 11.8. The number of carbonyl (C=O) groups excluding carboxylic acids is 1. The number of rotatable bonds is 3. The van der Waals surface area contributed by atoms with Crippen LogP contribution in [-0.4, -0.2) is 6.03 Å². The molecule has 0 atom stereocenters. The van der Waals surface area contributed by atoms with E-state index in [2.05, 4.69) is 10.6 Å². The quantitative estimate of drug-likeness (QED) is 0.756. The van der Waals surface area contributed by atoms with Crippen molar-refractivity contribution >= 4 is 29.0 Å². The first-order valence-corrected chi connectivity index (χ1v) is 6.58. The molecule has 0 saturated heterocycles. The number of benzene rings is 2. The maximum Gasteiger partial charge on any atom is 0.319 e. The fourth-order valence-corrected chi connectivity index (χ4v) is 2.02. The summed E-state index contributed by atoms with van der Waals surface area (Å²) in [6.45, 7) is 2.47. The second-order valence-electron chi connectivity index (χ2n) is 4.47. The summed E-state index contributed by atoms with van der Waals surface area (Å²) in [7, 11) is 0. The molecule has 0 saturated carbocycles. The molecule has 0 bridgehead atoms. The average Bonchev–Trinajstić information content (AvgIpc) is 2.41. The number of carbonyl (C=O) groups is 1. The third-order valence-corrected chi connectivity index (χ3v) is 3.25. The van der Waals surface area contributed by atoms with Crippen molar-refractivity contribution in [2.45, 2.75) is 13.5 Å². The average molecular weight is 290 g/mol. The molecule has 0 spiro atoms. The Labute approximate surface area is 122 Å². The van der Waals surface area contributed by atoms with Gasteiger partial charge in [0.25, 0.3) is 0 Å². The molecule has 2 amide bonds. The Hall–Kier alpha value is -2.20. The lowest BCUT2D eigenvalue weighted by atomic mass is 10.1. The van der Waals surface area contributed by atoms with Gasteiger partial charge in [0.15, 0.2) is 0 Å².